The third-order valence-corrected chi connectivity index (χ3v) is 2.71. The highest BCUT2D eigenvalue weighted by molar-refractivity contribution is 4.92. The lowest BCUT2D eigenvalue weighted by Gasteiger charge is -2.18. The van der Waals surface area contributed by atoms with Gasteiger partial charge >= 0.3 is 6.18 Å². The zero-order chi connectivity index (χ0) is 14.3. The van der Waals surface area contributed by atoms with Crippen molar-refractivity contribution in [3.63, 3.8) is 0 Å². The molecule has 0 saturated carbocycles. The van der Waals surface area contributed by atoms with Crippen LogP contribution in [0, 0.1) is 0 Å². The molecule has 4 nitrogen and oxygen atoms in total. The van der Waals surface area contributed by atoms with Crippen LogP contribution >= 0.6 is 0 Å². The summed E-state index contributed by atoms with van der Waals surface area (Å²) in [7, 11) is 1.89. The second kappa shape index (κ2) is 7.49. The highest BCUT2D eigenvalue weighted by Gasteiger charge is 2.27. The van der Waals surface area contributed by atoms with Crippen molar-refractivity contribution >= 4 is 0 Å². The Morgan fingerprint density at radius 1 is 1.47 bits per heavy atom. The van der Waals surface area contributed by atoms with Crippen molar-refractivity contribution in [2.45, 2.75) is 32.0 Å². The molecule has 0 aliphatic rings. The van der Waals surface area contributed by atoms with E-state index in [0.717, 1.165) is 5.82 Å². The van der Waals surface area contributed by atoms with Gasteiger partial charge < -0.3 is 14.6 Å². The van der Waals surface area contributed by atoms with E-state index in [1.54, 1.807) is 6.20 Å². The van der Waals surface area contributed by atoms with E-state index >= 15 is 0 Å². The van der Waals surface area contributed by atoms with Gasteiger partial charge in [0.05, 0.1) is 6.61 Å². The molecule has 1 aromatic rings. The molecule has 0 radical (unpaired) electrons. The van der Waals surface area contributed by atoms with Gasteiger partial charge in [0.1, 0.15) is 12.4 Å². The lowest BCUT2D eigenvalue weighted by Crippen LogP contribution is -2.35. The lowest BCUT2D eigenvalue weighted by atomic mass is 10.1. The fourth-order valence-corrected chi connectivity index (χ4v) is 1.79. The zero-order valence-electron chi connectivity index (χ0n) is 11.2. The molecule has 0 spiro atoms. The first-order valence-electron chi connectivity index (χ1n) is 6.26. The van der Waals surface area contributed by atoms with Crippen molar-refractivity contribution in [1.29, 1.82) is 0 Å². The van der Waals surface area contributed by atoms with Crippen molar-refractivity contribution in [3.05, 3.63) is 18.2 Å². The Bertz CT molecular complexity index is 365. The summed E-state index contributed by atoms with van der Waals surface area (Å²) >= 11 is 0. The van der Waals surface area contributed by atoms with Crippen LogP contribution in [-0.2, 0) is 18.2 Å². The number of hydrogen-bond acceptors (Lipinski definition) is 3. The minimum atomic E-state index is -4.27. The Morgan fingerprint density at radius 2 is 2.21 bits per heavy atom. The highest BCUT2D eigenvalue weighted by atomic mass is 19.4. The van der Waals surface area contributed by atoms with Gasteiger partial charge in [-0.25, -0.2) is 4.98 Å². The van der Waals surface area contributed by atoms with Gasteiger partial charge in [-0.3, -0.25) is 0 Å². The van der Waals surface area contributed by atoms with Crippen LogP contribution in [0.25, 0.3) is 0 Å². The summed E-state index contributed by atoms with van der Waals surface area (Å²) in [6.45, 7) is 1.47. The monoisotopic (exact) mass is 279 g/mol. The number of nitrogens with one attached hydrogen (secondary N) is 1. The molecule has 1 unspecified atom stereocenters. The molecule has 0 aliphatic carbocycles. The topological polar surface area (TPSA) is 39.1 Å². The summed E-state index contributed by atoms with van der Waals surface area (Å²) in [6.07, 6.45) is 0.680. The molecule has 1 aromatic heterocycles. The van der Waals surface area contributed by atoms with Crippen LogP contribution in [-0.4, -0.2) is 41.5 Å². The van der Waals surface area contributed by atoms with Gasteiger partial charge in [0.2, 0.25) is 0 Å². The van der Waals surface area contributed by atoms with E-state index in [-0.39, 0.29) is 12.6 Å². The van der Waals surface area contributed by atoms with Crippen LogP contribution in [0.15, 0.2) is 12.4 Å². The quantitative estimate of drug-likeness (QED) is 0.790. The average Bonchev–Trinajstić information content (AvgIpc) is 2.70. The molecule has 0 saturated heterocycles. The Kier molecular flexibility index (Phi) is 6.30. The molecule has 0 aromatic carbocycles. The van der Waals surface area contributed by atoms with E-state index in [1.165, 1.54) is 0 Å². The number of likely N-dealkylation sites (N-methyl/N-ethyl adjacent to an activating group) is 1. The summed E-state index contributed by atoms with van der Waals surface area (Å²) in [5.41, 5.74) is 0. The second-order valence-electron chi connectivity index (χ2n) is 4.38. The fourth-order valence-electron chi connectivity index (χ4n) is 1.79. The van der Waals surface area contributed by atoms with Crippen LogP contribution in [0.1, 0.15) is 19.2 Å². The number of aryl methyl sites for hydroxylation is 2. The number of halogens is 3. The minimum Gasteiger partial charge on any atom is -0.370 e. The van der Waals surface area contributed by atoms with Gasteiger partial charge in [0.15, 0.2) is 0 Å². The number of alkyl halides is 3. The molecule has 1 N–H and O–H groups in total. The number of imidazole rings is 1. The first-order chi connectivity index (χ1) is 8.92. The van der Waals surface area contributed by atoms with Gasteiger partial charge in [0, 0.05) is 31.9 Å². The molecule has 0 fully saturated rings. The van der Waals surface area contributed by atoms with Crippen molar-refractivity contribution in [2.75, 3.05) is 19.8 Å². The first kappa shape index (κ1) is 16.0. The third-order valence-electron chi connectivity index (χ3n) is 2.71. The minimum absolute atomic E-state index is 0.0533. The largest absolute Gasteiger partial charge is 0.411 e. The predicted octanol–water partition coefficient (Wildman–Crippen LogP) is 1.91. The fraction of sp³-hybridized carbons (Fsp3) is 0.750. The summed E-state index contributed by atoms with van der Waals surface area (Å²) in [6, 6.07) is -0.0935. The van der Waals surface area contributed by atoms with Gasteiger partial charge in [-0.1, -0.05) is 6.92 Å². The molecule has 0 aliphatic heterocycles. The lowest BCUT2D eigenvalue weighted by molar-refractivity contribution is -0.175. The Labute approximate surface area is 111 Å². The first-order valence-corrected chi connectivity index (χ1v) is 6.26. The average molecular weight is 279 g/mol. The smallest absolute Gasteiger partial charge is 0.370 e. The van der Waals surface area contributed by atoms with Crippen molar-refractivity contribution < 1.29 is 17.9 Å². The Morgan fingerprint density at radius 3 is 2.74 bits per heavy atom. The van der Waals surface area contributed by atoms with E-state index in [2.05, 4.69) is 10.3 Å². The van der Waals surface area contributed by atoms with Crippen LogP contribution in [0.2, 0.25) is 0 Å². The molecule has 1 atom stereocenters. The predicted molar refractivity (Wildman–Crippen MR) is 65.9 cm³/mol. The van der Waals surface area contributed by atoms with Crippen LogP contribution < -0.4 is 5.32 Å². The van der Waals surface area contributed by atoms with E-state index < -0.39 is 12.8 Å². The third kappa shape index (κ3) is 6.58. The maximum absolute atomic E-state index is 12.0. The molecule has 7 heteroatoms. The molecular formula is C12H20F3N3O. The number of rotatable bonds is 8. The number of aromatic nitrogens is 2. The highest BCUT2D eigenvalue weighted by Crippen LogP contribution is 2.14. The molecule has 1 heterocycles. The molecule has 0 bridgehead atoms. The maximum Gasteiger partial charge on any atom is 0.411 e. The molecular weight excluding hydrogens is 259 g/mol. The zero-order valence-corrected chi connectivity index (χ0v) is 11.2. The van der Waals surface area contributed by atoms with Crippen LogP contribution in [0.5, 0.6) is 0 Å². The number of nitrogens with zero attached hydrogens (tertiary/aromatic N) is 2. The van der Waals surface area contributed by atoms with Crippen molar-refractivity contribution in [3.8, 4) is 0 Å². The van der Waals surface area contributed by atoms with E-state index in [0.29, 0.717) is 19.4 Å². The molecule has 19 heavy (non-hydrogen) atoms. The van der Waals surface area contributed by atoms with Crippen LogP contribution in [0.4, 0.5) is 13.2 Å². The van der Waals surface area contributed by atoms with Gasteiger partial charge in [0.25, 0.3) is 0 Å². The van der Waals surface area contributed by atoms with Crippen molar-refractivity contribution in [2.24, 2.45) is 7.05 Å². The summed E-state index contributed by atoms with van der Waals surface area (Å²) in [5.74, 6) is 0.915. The Hall–Kier alpha value is -1.08. The van der Waals surface area contributed by atoms with Gasteiger partial charge in [-0.05, 0) is 13.0 Å². The normalized spacial score (nSPS) is 13.7. The van der Waals surface area contributed by atoms with E-state index in [1.807, 2.05) is 24.7 Å². The SMILES string of the molecule is CCNC(CCc1nccn1C)COCC(F)(F)F. The summed E-state index contributed by atoms with van der Waals surface area (Å²) in [4.78, 5) is 4.18. The van der Waals surface area contributed by atoms with Gasteiger partial charge in [-0.2, -0.15) is 13.2 Å². The second-order valence-corrected chi connectivity index (χ2v) is 4.38. The number of hydrogen-bond donors (Lipinski definition) is 1. The standard InChI is InChI=1S/C12H20F3N3O/c1-3-16-10(8-19-9-12(13,14)15)4-5-11-17-6-7-18(11)2/h6-7,10,16H,3-5,8-9H2,1-2H3. The maximum atomic E-state index is 12.0. The van der Waals surface area contributed by atoms with Crippen molar-refractivity contribution in [1.82, 2.24) is 14.9 Å². The Balaban J connectivity index is 2.34. The molecule has 1 rings (SSSR count). The summed E-state index contributed by atoms with van der Waals surface area (Å²) < 4.78 is 42.6. The molecule has 0 amide bonds. The van der Waals surface area contributed by atoms with Gasteiger partial charge in [-0.15, -0.1) is 0 Å². The van der Waals surface area contributed by atoms with E-state index in [4.69, 9.17) is 4.74 Å². The van der Waals surface area contributed by atoms with Crippen LogP contribution in [0.3, 0.4) is 0 Å². The summed E-state index contributed by atoms with van der Waals surface area (Å²) in [5, 5.41) is 3.12. The number of ether oxygens (including phenoxy) is 1. The van der Waals surface area contributed by atoms with E-state index in [9.17, 15) is 13.2 Å². The molecule has 110 valence electrons.